The number of carbonyl (C=O) groups is 1. The third-order valence-electron chi connectivity index (χ3n) is 3.11. The van der Waals surface area contributed by atoms with E-state index >= 15 is 0 Å². The maximum Gasteiger partial charge on any atom is 0.306 e. The van der Waals surface area contributed by atoms with Gasteiger partial charge < -0.3 is 9.84 Å². The van der Waals surface area contributed by atoms with E-state index in [1.807, 2.05) is 0 Å². The Labute approximate surface area is 78.1 Å². The van der Waals surface area contributed by atoms with Gasteiger partial charge in [-0.1, -0.05) is 19.3 Å². The van der Waals surface area contributed by atoms with E-state index in [9.17, 15) is 4.79 Å². The van der Waals surface area contributed by atoms with Gasteiger partial charge in [-0.25, -0.2) is 0 Å². The van der Waals surface area contributed by atoms with Crippen LogP contribution in [0.25, 0.3) is 0 Å². The summed E-state index contributed by atoms with van der Waals surface area (Å²) in [7, 11) is 0. The van der Waals surface area contributed by atoms with E-state index in [0.717, 1.165) is 0 Å². The smallest absolute Gasteiger partial charge is 0.306 e. The molecule has 1 N–H and O–H groups in total. The molecule has 0 bridgehead atoms. The Morgan fingerprint density at radius 2 is 2.00 bits per heavy atom. The van der Waals surface area contributed by atoms with Gasteiger partial charge in [-0.3, -0.25) is 4.79 Å². The van der Waals surface area contributed by atoms with Gasteiger partial charge in [0.1, 0.15) is 0 Å². The first-order valence-corrected chi connectivity index (χ1v) is 5.14. The molecule has 0 radical (unpaired) electrons. The minimum atomic E-state index is -0.733. The van der Waals surface area contributed by atoms with Gasteiger partial charge in [0.05, 0.1) is 18.6 Å². The van der Waals surface area contributed by atoms with E-state index in [2.05, 4.69) is 0 Å². The Morgan fingerprint density at radius 1 is 1.31 bits per heavy atom. The summed E-state index contributed by atoms with van der Waals surface area (Å²) in [6.45, 7) is 0. The van der Waals surface area contributed by atoms with Gasteiger partial charge in [-0.15, -0.1) is 0 Å². The zero-order valence-electron chi connectivity index (χ0n) is 7.74. The zero-order chi connectivity index (χ0) is 9.26. The van der Waals surface area contributed by atoms with Crippen LogP contribution in [0.3, 0.4) is 0 Å². The van der Waals surface area contributed by atoms with Crippen molar-refractivity contribution >= 4 is 5.97 Å². The standard InChI is InChI=1S/C10H16O3/c11-9(12)6-8-10(13-8)7-4-2-1-3-5-7/h7-8,10H,1-6H2,(H,11,12)/t8-,10?/m1/s1. The predicted molar refractivity (Wildman–Crippen MR) is 47.5 cm³/mol. The third-order valence-corrected chi connectivity index (χ3v) is 3.11. The Balaban J connectivity index is 1.74. The van der Waals surface area contributed by atoms with Gasteiger partial charge in [0.15, 0.2) is 0 Å². The number of carboxylic acid groups (broad SMARTS) is 1. The molecule has 3 nitrogen and oxygen atoms in total. The Kier molecular flexibility index (Phi) is 2.54. The van der Waals surface area contributed by atoms with E-state index < -0.39 is 5.97 Å². The number of aliphatic carboxylic acids is 1. The summed E-state index contributed by atoms with van der Waals surface area (Å²) in [5, 5.41) is 8.56. The lowest BCUT2D eigenvalue weighted by molar-refractivity contribution is -0.137. The highest BCUT2D eigenvalue weighted by molar-refractivity contribution is 5.67. The lowest BCUT2D eigenvalue weighted by Crippen LogP contribution is -2.15. The molecule has 1 aliphatic carbocycles. The first kappa shape index (κ1) is 9.00. The third kappa shape index (κ3) is 2.21. The highest BCUT2D eigenvalue weighted by Crippen LogP contribution is 2.39. The van der Waals surface area contributed by atoms with Gasteiger partial charge in [-0.05, 0) is 18.8 Å². The molecule has 0 amide bonds. The van der Waals surface area contributed by atoms with Crippen LogP contribution in [-0.2, 0) is 9.53 Å². The van der Waals surface area contributed by atoms with Crippen LogP contribution in [0.1, 0.15) is 38.5 Å². The van der Waals surface area contributed by atoms with Crippen molar-refractivity contribution in [3.8, 4) is 0 Å². The first-order chi connectivity index (χ1) is 6.27. The van der Waals surface area contributed by atoms with Gasteiger partial charge >= 0.3 is 5.97 Å². The molecule has 1 saturated heterocycles. The number of carboxylic acids is 1. The Bertz CT molecular complexity index is 196. The molecule has 74 valence electrons. The second-order valence-electron chi connectivity index (χ2n) is 4.14. The van der Waals surface area contributed by atoms with Crippen molar-refractivity contribution in [3.05, 3.63) is 0 Å². The van der Waals surface area contributed by atoms with Gasteiger partial charge in [-0.2, -0.15) is 0 Å². The van der Waals surface area contributed by atoms with Crippen molar-refractivity contribution in [2.45, 2.75) is 50.7 Å². The molecule has 13 heavy (non-hydrogen) atoms. The fourth-order valence-electron chi connectivity index (χ4n) is 2.37. The van der Waals surface area contributed by atoms with Crippen molar-refractivity contribution in [2.24, 2.45) is 5.92 Å². The highest BCUT2D eigenvalue weighted by Gasteiger charge is 2.45. The molecule has 2 rings (SSSR count). The fourth-order valence-corrected chi connectivity index (χ4v) is 2.37. The number of hydrogen-bond donors (Lipinski definition) is 1. The molecular formula is C10H16O3. The monoisotopic (exact) mass is 184 g/mol. The molecule has 1 heterocycles. The summed E-state index contributed by atoms with van der Waals surface area (Å²) in [5.74, 6) is -0.0820. The van der Waals surface area contributed by atoms with Crippen LogP contribution in [0.5, 0.6) is 0 Å². The van der Waals surface area contributed by atoms with Gasteiger partial charge in [0.25, 0.3) is 0 Å². The number of hydrogen-bond acceptors (Lipinski definition) is 2. The Hall–Kier alpha value is -0.570. The molecule has 2 fully saturated rings. The van der Waals surface area contributed by atoms with E-state index in [1.54, 1.807) is 0 Å². The minimum absolute atomic E-state index is 0.0283. The molecule has 0 aromatic carbocycles. The lowest BCUT2D eigenvalue weighted by Gasteiger charge is -2.19. The van der Waals surface area contributed by atoms with E-state index in [0.29, 0.717) is 5.92 Å². The number of epoxide rings is 1. The van der Waals surface area contributed by atoms with Crippen LogP contribution < -0.4 is 0 Å². The molecule has 2 aliphatic rings. The molecule has 0 spiro atoms. The van der Waals surface area contributed by atoms with Gasteiger partial charge in [0, 0.05) is 0 Å². The van der Waals surface area contributed by atoms with Crippen molar-refractivity contribution in [1.29, 1.82) is 0 Å². The van der Waals surface area contributed by atoms with Crippen LogP contribution in [0, 0.1) is 5.92 Å². The van der Waals surface area contributed by atoms with Crippen LogP contribution in [0.4, 0.5) is 0 Å². The zero-order valence-corrected chi connectivity index (χ0v) is 7.74. The summed E-state index contributed by atoms with van der Waals surface area (Å²) in [5.41, 5.74) is 0. The van der Waals surface area contributed by atoms with Crippen LogP contribution >= 0.6 is 0 Å². The fraction of sp³-hybridized carbons (Fsp3) is 0.900. The first-order valence-electron chi connectivity index (χ1n) is 5.14. The van der Waals surface area contributed by atoms with E-state index in [1.165, 1.54) is 32.1 Å². The maximum atomic E-state index is 10.4. The summed E-state index contributed by atoms with van der Waals surface area (Å²) in [6.07, 6.45) is 6.90. The van der Waals surface area contributed by atoms with Crippen molar-refractivity contribution in [1.82, 2.24) is 0 Å². The van der Waals surface area contributed by atoms with E-state index in [4.69, 9.17) is 9.84 Å². The minimum Gasteiger partial charge on any atom is -0.481 e. The topological polar surface area (TPSA) is 49.8 Å². The van der Waals surface area contributed by atoms with Gasteiger partial charge in [0.2, 0.25) is 0 Å². The van der Waals surface area contributed by atoms with Crippen LogP contribution in [-0.4, -0.2) is 23.3 Å². The second-order valence-corrected chi connectivity index (χ2v) is 4.14. The maximum absolute atomic E-state index is 10.4. The quantitative estimate of drug-likeness (QED) is 0.680. The molecule has 1 aliphatic heterocycles. The van der Waals surface area contributed by atoms with E-state index in [-0.39, 0.29) is 18.6 Å². The SMILES string of the molecule is O=C(O)C[C@H]1OC1C1CCCCC1. The molecular weight excluding hydrogens is 168 g/mol. The van der Waals surface area contributed by atoms with Crippen molar-refractivity contribution in [2.75, 3.05) is 0 Å². The average molecular weight is 184 g/mol. The van der Waals surface area contributed by atoms with Crippen molar-refractivity contribution < 1.29 is 14.6 Å². The summed E-state index contributed by atoms with van der Waals surface area (Å²) >= 11 is 0. The normalized spacial score (nSPS) is 34.5. The largest absolute Gasteiger partial charge is 0.481 e. The summed E-state index contributed by atoms with van der Waals surface area (Å²) in [4.78, 5) is 10.4. The molecule has 1 unspecified atom stereocenters. The summed E-state index contributed by atoms with van der Waals surface area (Å²) < 4.78 is 5.39. The molecule has 0 aromatic heterocycles. The van der Waals surface area contributed by atoms with Crippen molar-refractivity contribution in [3.63, 3.8) is 0 Å². The molecule has 2 atom stereocenters. The Morgan fingerprint density at radius 3 is 2.62 bits per heavy atom. The number of ether oxygens (including phenoxy) is 1. The second kappa shape index (κ2) is 3.66. The predicted octanol–water partition coefficient (Wildman–Crippen LogP) is 1.81. The lowest BCUT2D eigenvalue weighted by atomic mass is 9.85. The highest BCUT2D eigenvalue weighted by atomic mass is 16.6. The molecule has 3 heteroatoms. The average Bonchev–Trinajstić information content (AvgIpc) is 2.84. The van der Waals surface area contributed by atoms with Crippen LogP contribution in [0.2, 0.25) is 0 Å². The molecule has 0 aromatic rings. The van der Waals surface area contributed by atoms with Crippen LogP contribution in [0.15, 0.2) is 0 Å². The number of rotatable bonds is 3. The molecule has 1 saturated carbocycles. The summed E-state index contributed by atoms with van der Waals surface area (Å²) in [6, 6.07) is 0.